The van der Waals surface area contributed by atoms with E-state index in [0.717, 1.165) is 11.1 Å². The summed E-state index contributed by atoms with van der Waals surface area (Å²) < 4.78 is 0. The number of ketones is 1. The topological polar surface area (TPSA) is 37.4 Å². The number of benzene rings is 2. The first-order valence-electron chi connectivity index (χ1n) is 6.88. The van der Waals surface area contributed by atoms with Gasteiger partial charge < -0.3 is 4.90 Å². The van der Waals surface area contributed by atoms with Gasteiger partial charge in [0.2, 0.25) is 5.91 Å². The third kappa shape index (κ3) is 2.92. The number of carbonyl (C=O) groups is 2. The highest BCUT2D eigenvalue weighted by Gasteiger charge is 2.33. The number of hydrogen-bond donors (Lipinski definition) is 0. The van der Waals surface area contributed by atoms with Crippen molar-refractivity contribution in [2.45, 2.75) is 13.0 Å². The van der Waals surface area contributed by atoms with Crippen LogP contribution in [0, 0.1) is 0 Å². The number of rotatable bonds is 3. The molecule has 1 amide bonds. The first-order chi connectivity index (χ1) is 10.2. The molecule has 0 bridgehead atoms. The van der Waals surface area contributed by atoms with Crippen LogP contribution in [0.25, 0.3) is 6.08 Å². The summed E-state index contributed by atoms with van der Waals surface area (Å²) in [6, 6.07) is 19.3. The van der Waals surface area contributed by atoms with Crippen molar-refractivity contribution in [3.8, 4) is 0 Å². The molecule has 0 radical (unpaired) electrons. The van der Waals surface area contributed by atoms with E-state index in [2.05, 4.69) is 0 Å². The molecule has 3 rings (SSSR count). The van der Waals surface area contributed by atoms with Crippen LogP contribution >= 0.6 is 0 Å². The van der Waals surface area contributed by atoms with Gasteiger partial charge in [-0.2, -0.15) is 0 Å². The van der Waals surface area contributed by atoms with Gasteiger partial charge in [0.05, 0.1) is 18.7 Å². The van der Waals surface area contributed by atoms with Crippen LogP contribution in [0.3, 0.4) is 0 Å². The summed E-state index contributed by atoms with van der Waals surface area (Å²) in [6.45, 7) is 0.435. The minimum Gasteiger partial charge on any atom is -0.304 e. The number of Topliss-reactive ketones (excluding diaryl/α,β-unsaturated/α-hetero) is 1. The zero-order chi connectivity index (χ0) is 14.7. The molecule has 0 atom stereocenters. The van der Waals surface area contributed by atoms with Crippen LogP contribution in [0.15, 0.2) is 66.4 Å². The Morgan fingerprint density at radius 2 is 1.52 bits per heavy atom. The fraction of sp³-hybridized carbons (Fsp3) is 0.111. The van der Waals surface area contributed by atoms with Crippen molar-refractivity contribution >= 4 is 17.8 Å². The number of likely N-dealkylation sites (tertiary alicyclic amines) is 1. The third-order valence-corrected chi connectivity index (χ3v) is 3.48. The number of amides is 1. The van der Waals surface area contributed by atoms with Crippen LogP contribution in [0.4, 0.5) is 0 Å². The molecule has 0 spiro atoms. The predicted molar refractivity (Wildman–Crippen MR) is 81.0 cm³/mol. The normalized spacial score (nSPS) is 16.8. The highest BCUT2D eigenvalue weighted by atomic mass is 16.2. The molecule has 0 unspecified atom stereocenters. The van der Waals surface area contributed by atoms with E-state index in [0.29, 0.717) is 12.2 Å². The monoisotopic (exact) mass is 277 g/mol. The van der Waals surface area contributed by atoms with Gasteiger partial charge in [-0.25, -0.2) is 0 Å². The molecule has 1 aliphatic rings. The van der Waals surface area contributed by atoms with Crippen molar-refractivity contribution in [1.29, 1.82) is 0 Å². The molecule has 2 aromatic carbocycles. The van der Waals surface area contributed by atoms with E-state index in [9.17, 15) is 9.59 Å². The Bertz CT molecular complexity index is 690. The first-order valence-corrected chi connectivity index (χ1v) is 6.88. The number of nitrogens with zero attached hydrogens (tertiary/aromatic N) is 1. The van der Waals surface area contributed by atoms with Crippen LogP contribution in [0.5, 0.6) is 0 Å². The van der Waals surface area contributed by atoms with Gasteiger partial charge in [-0.3, -0.25) is 9.59 Å². The van der Waals surface area contributed by atoms with E-state index >= 15 is 0 Å². The van der Waals surface area contributed by atoms with Gasteiger partial charge in [-0.1, -0.05) is 60.7 Å². The lowest BCUT2D eigenvalue weighted by Gasteiger charge is -2.17. The van der Waals surface area contributed by atoms with E-state index in [1.165, 1.54) is 0 Å². The van der Waals surface area contributed by atoms with Crippen LogP contribution in [-0.2, 0) is 16.1 Å². The summed E-state index contributed by atoms with van der Waals surface area (Å²) in [4.78, 5) is 25.7. The van der Waals surface area contributed by atoms with E-state index in [1.807, 2.05) is 60.7 Å². The Hall–Kier alpha value is -2.68. The molecular formula is C18H15NO2. The zero-order valence-corrected chi connectivity index (χ0v) is 11.5. The molecule has 0 aliphatic carbocycles. The van der Waals surface area contributed by atoms with Gasteiger partial charge in [0.15, 0.2) is 5.78 Å². The summed E-state index contributed by atoms with van der Waals surface area (Å²) in [7, 11) is 0. The molecule has 104 valence electrons. The highest BCUT2D eigenvalue weighted by Crippen LogP contribution is 2.24. The van der Waals surface area contributed by atoms with Crippen LogP contribution in [-0.4, -0.2) is 16.6 Å². The maximum absolute atomic E-state index is 12.1. The summed E-state index contributed by atoms with van der Waals surface area (Å²) in [5, 5.41) is 0. The Morgan fingerprint density at radius 3 is 2.19 bits per heavy atom. The van der Waals surface area contributed by atoms with Gasteiger partial charge >= 0.3 is 0 Å². The lowest BCUT2D eigenvalue weighted by Crippen LogP contribution is -2.23. The van der Waals surface area contributed by atoms with Gasteiger partial charge in [0.1, 0.15) is 0 Å². The molecule has 3 heteroatoms. The summed E-state index contributed by atoms with van der Waals surface area (Å²) in [5.74, 6) is -0.245. The molecule has 0 aromatic heterocycles. The summed E-state index contributed by atoms with van der Waals surface area (Å²) >= 11 is 0. The molecule has 1 heterocycles. The van der Waals surface area contributed by atoms with Crippen LogP contribution < -0.4 is 0 Å². The molecule has 0 saturated carbocycles. The van der Waals surface area contributed by atoms with Crippen LogP contribution in [0.1, 0.15) is 17.5 Å². The standard InChI is InChI=1S/C18H15NO2/c20-17-12-18(21)19(13-15-9-5-2-6-10-15)16(17)11-14-7-3-1-4-8-14/h1-11H,12-13H2/b16-11+. The second kappa shape index (κ2) is 5.75. The van der Waals surface area contributed by atoms with Crippen LogP contribution in [0.2, 0.25) is 0 Å². The Morgan fingerprint density at radius 1 is 0.905 bits per heavy atom. The fourth-order valence-electron chi connectivity index (χ4n) is 2.41. The van der Waals surface area contributed by atoms with Crippen molar-refractivity contribution in [3.63, 3.8) is 0 Å². The SMILES string of the molecule is O=C1CC(=O)N(Cc2ccccc2)/C1=C/c1ccccc1. The molecule has 21 heavy (non-hydrogen) atoms. The lowest BCUT2D eigenvalue weighted by atomic mass is 10.1. The molecular weight excluding hydrogens is 262 g/mol. The van der Waals surface area contributed by atoms with Crippen molar-refractivity contribution in [2.24, 2.45) is 0 Å². The third-order valence-electron chi connectivity index (χ3n) is 3.48. The molecule has 3 nitrogen and oxygen atoms in total. The van der Waals surface area contributed by atoms with Crippen molar-refractivity contribution in [2.75, 3.05) is 0 Å². The average molecular weight is 277 g/mol. The van der Waals surface area contributed by atoms with E-state index in [4.69, 9.17) is 0 Å². The fourth-order valence-corrected chi connectivity index (χ4v) is 2.41. The van der Waals surface area contributed by atoms with E-state index < -0.39 is 0 Å². The first kappa shape index (κ1) is 13.3. The lowest BCUT2D eigenvalue weighted by molar-refractivity contribution is -0.127. The second-order valence-electron chi connectivity index (χ2n) is 5.01. The number of allylic oxidation sites excluding steroid dienone is 1. The molecule has 2 aromatic rings. The Kier molecular flexibility index (Phi) is 3.65. The number of carbonyl (C=O) groups excluding carboxylic acids is 2. The summed E-state index contributed by atoms with van der Waals surface area (Å²) in [5.41, 5.74) is 2.42. The van der Waals surface area contributed by atoms with E-state index in [1.54, 1.807) is 11.0 Å². The maximum Gasteiger partial charge on any atom is 0.235 e. The minimum absolute atomic E-state index is 0.0362. The zero-order valence-electron chi connectivity index (χ0n) is 11.5. The second-order valence-corrected chi connectivity index (χ2v) is 5.01. The van der Waals surface area contributed by atoms with Gasteiger partial charge in [-0.15, -0.1) is 0 Å². The Balaban J connectivity index is 1.91. The molecule has 1 saturated heterocycles. The van der Waals surface area contributed by atoms with Crippen molar-refractivity contribution in [1.82, 2.24) is 4.90 Å². The maximum atomic E-state index is 12.1. The van der Waals surface area contributed by atoms with Gasteiger partial charge in [0.25, 0.3) is 0 Å². The quantitative estimate of drug-likeness (QED) is 0.639. The molecule has 1 aliphatic heterocycles. The summed E-state index contributed by atoms with van der Waals surface area (Å²) in [6.07, 6.45) is 1.75. The average Bonchev–Trinajstić information content (AvgIpc) is 2.76. The number of hydrogen-bond acceptors (Lipinski definition) is 2. The largest absolute Gasteiger partial charge is 0.304 e. The van der Waals surface area contributed by atoms with Crippen molar-refractivity contribution in [3.05, 3.63) is 77.5 Å². The predicted octanol–water partition coefficient (Wildman–Crippen LogP) is 3.03. The van der Waals surface area contributed by atoms with Gasteiger partial charge in [0, 0.05) is 0 Å². The van der Waals surface area contributed by atoms with Gasteiger partial charge in [-0.05, 0) is 17.2 Å². The Labute approximate surface area is 123 Å². The molecule has 1 fully saturated rings. The minimum atomic E-state index is -0.133. The van der Waals surface area contributed by atoms with E-state index in [-0.39, 0.29) is 18.1 Å². The molecule has 0 N–H and O–H groups in total. The van der Waals surface area contributed by atoms with Crippen molar-refractivity contribution < 1.29 is 9.59 Å². The highest BCUT2D eigenvalue weighted by molar-refractivity contribution is 6.16. The smallest absolute Gasteiger partial charge is 0.235 e.